The van der Waals surface area contributed by atoms with E-state index in [0.29, 0.717) is 17.8 Å². The van der Waals surface area contributed by atoms with Crippen LogP contribution in [0.1, 0.15) is 34.3 Å². The third-order valence-electron chi connectivity index (χ3n) is 4.72. The molecule has 1 aromatic heterocycles. The zero-order valence-electron chi connectivity index (χ0n) is 15.6. The second kappa shape index (κ2) is 8.10. The molecule has 1 atom stereocenters. The molecule has 1 aliphatic heterocycles. The second-order valence-corrected chi connectivity index (χ2v) is 8.44. The molecule has 0 unspecified atom stereocenters. The predicted octanol–water partition coefficient (Wildman–Crippen LogP) is 3.04. The van der Waals surface area contributed by atoms with E-state index in [1.165, 1.54) is 0 Å². The van der Waals surface area contributed by atoms with Crippen molar-refractivity contribution < 1.29 is 17.6 Å². The highest BCUT2D eigenvalue weighted by molar-refractivity contribution is 7.89. The predicted molar refractivity (Wildman–Crippen MR) is 109 cm³/mol. The Morgan fingerprint density at radius 2 is 1.83 bits per heavy atom. The fourth-order valence-electron chi connectivity index (χ4n) is 3.22. The van der Waals surface area contributed by atoms with Crippen molar-refractivity contribution in [2.24, 2.45) is 0 Å². The number of aryl methyl sites for hydroxylation is 1. The van der Waals surface area contributed by atoms with Gasteiger partial charge in [0.15, 0.2) is 0 Å². The van der Waals surface area contributed by atoms with E-state index in [1.54, 1.807) is 54.8 Å². The molecule has 4 rings (SSSR count). The summed E-state index contributed by atoms with van der Waals surface area (Å²) < 4.78 is 32.8. The third kappa shape index (κ3) is 4.33. The van der Waals surface area contributed by atoms with E-state index < -0.39 is 16.2 Å². The molecule has 3 aromatic rings. The Morgan fingerprint density at radius 3 is 2.59 bits per heavy atom. The number of amides is 1. The maximum atomic E-state index is 12.4. The first-order chi connectivity index (χ1) is 14.0. The van der Waals surface area contributed by atoms with E-state index in [9.17, 15) is 13.2 Å². The monoisotopic (exact) mass is 411 g/mol. The molecule has 0 aliphatic carbocycles. The number of rotatable bonds is 6. The van der Waals surface area contributed by atoms with E-state index in [4.69, 9.17) is 4.42 Å². The Bertz CT molecular complexity index is 1090. The first kappa shape index (κ1) is 19.2. The van der Waals surface area contributed by atoms with E-state index in [1.807, 2.05) is 12.1 Å². The largest absolute Gasteiger partial charge is 0.469 e. The maximum absolute atomic E-state index is 12.4. The van der Waals surface area contributed by atoms with Crippen molar-refractivity contribution in [3.8, 4) is 0 Å². The van der Waals surface area contributed by atoms with Gasteiger partial charge in [0.25, 0.3) is 5.91 Å². The Hall–Kier alpha value is -3.10. The van der Waals surface area contributed by atoms with Gasteiger partial charge in [0.2, 0.25) is 10.0 Å². The highest BCUT2D eigenvalue weighted by Gasteiger charge is 2.29. The zero-order valence-corrected chi connectivity index (χ0v) is 16.4. The molecule has 0 saturated carbocycles. The number of para-hydroxylation sites is 1. The number of benzene rings is 2. The number of hydrogen-bond acceptors (Lipinski definition) is 5. The summed E-state index contributed by atoms with van der Waals surface area (Å²) in [6.07, 6.45) is 2.58. The second-order valence-electron chi connectivity index (χ2n) is 6.76. The summed E-state index contributed by atoms with van der Waals surface area (Å²) in [5.74, 6) is 0.728. The number of carbonyl (C=O) groups is 1. The van der Waals surface area contributed by atoms with Crippen LogP contribution in [0.2, 0.25) is 0 Å². The number of carbonyl (C=O) groups excluding carboxylic acids is 1. The Morgan fingerprint density at radius 1 is 1.03 bits per heavy atom. The molecule has 0 bridgehead atoms. The van der Waals surface area contributed by atoms with Crippen LogP contribution in [0, 0.1) is 0 Å². The van der Waals surface area contributed by atoms with Crippen LogP contribution in [0.4, 0.5) is 5.69 Å². The number of nitrogens with one attached hydrogen (secondary N) is 3. The van der Waals surface area contributed by atoms with E-state index in [0.717, 1.165) is 24.2 Å². The van der Waals surface area contributed by atoms with Gasteiger partial charge in [-0.05, 0) is 48.4 Å². The molecular formula is C21H21N3O4S. The number of anilines is 1. The molecule has 2 heterocycles. The van der Waals surface area contributed by atoms with Crippen molar-refractivity contribution in [1.82, 2.24) is 10.0 Å². The minimum atomic E-state index is -3.60. The van der Waals surface area contributed by atoms with Crippen LogP contribution in [-0.4, -0.2) is 20.9 Å². The summed E-state index contributed by atoms with van der Waals surface area (Å²) in [5, 5.41) is 6.05. The Kier molecular flexibility index (Phi) is 5.37. The average molecular weight is 411 g/mol. The zero-order chi connectivity index (χ0) is 20.3. The van der Waals surface area contributed by atoms with Gasteiger partial charge in [-0.3, -0.25) is 4.79 Å². The summed E-state index contributed by atoms with van der Waals surface area (Å²) >= 11 is 0. The molecule has 29 heavy (non-hydrogen) atoms. The maximum Gasteiger partial charge on any atom is 0.251 e. The van der Waals surface area contributed by atoms with Crippen molar-refractivity contribution in [2.75, 3.05) is 11.9 Å². The summed E-state index contributed by atoms with van der Waals surface area (Å²) in [7, 11) is -3.60. The van der Waals surface area contributed by atoms with Gasteiger partial charge in [-0.15, -0.1) is 0 Å². The topological polar surface area (TPSA) is 100 Å². The molecule has 0 saturated heterocycles. The van der Waals surface area contributed by atoms with E-state index >= 15 is 0 Å². The van der Waals surface area contributed by atoms with Gasteiger partial charge in [-0.2, -0.15) is 4.72 Å². The van der Waals surface area contributed by atoms with Crippen LogP contribution < -0.4 is 15.4 Å². The minimum absolute atomic E-state index is 0.168. The normalized spacial score (nSPS) is 17.2. The smallest absolute Gasteiger partial charge is 0.251 e. The SMILES string of the molecule is O=C(NCCCc1ccco1)c1ccc([C@H]2Nc3ccccc3S(=O)(=O)N2)cc1. The molecule has 7 nitrogen and oxygen atoms in total. The van der Waals surface area contributed by atoms with Crippen molar-refractivity contribution in [3.05, 3.63) is 83.8 Å². The quantitative estimate of drug-likeness (QED) is 0.542. The third-order valence-corrected chi connectivity index (χ3v) is 6.20. The van der Waals surface area contributed by atoms with Gasteiger partial charge in [0, 0.05) is 18.5 Å². The van der Waals surface area contributed by atoms with Crippen molar-refractivity contribution >= 4 is 21.6 Å². The molecule has 0 radical (unpaired) electrons. The van der Waals surface area contributed by atoms with Crippen LogP contribution in [0.25, 0.3) is 0 Å². The van der Waals surface area contributed by atoms with Gasteiger partial charge >= 0.3 is 0 Å². The molecule has 8 heteroatoms. The lowest BCUT2D eigenvalue weighted by Crippen LogP contribution is -2.38. The molecule has 3 N–H and O–H groups in total. The highest BCUT2D eigenvalue weighted by atomic mass is 32.2. The van der Waals surface area contributed by atoms with Gasteiger partial charge in [-0.1, -0.05) is 24.3 Å². The van der Waals surface area contributed by atoms with Crippen LogP contribution in [0.5, 0.6) is 0 Å². The van der Waals surface area contributed by atoms with Crippen LogP contribution in [0.3, 0.4) is 0 Å². The van der Waals surface area contributed by atoms with Crippen molar-refractivity contribution in [2.45, 2.75) is 23.9 Å². The summed E-state index contributed by atoms with van der Waals surface area (Å²) in [4.78, 5) is 12.5. The van der Waals surface area contributed by atoms with Gasteiger partial charge < -0.3 is 15.1 Å². The molecule has 0 fully saturated rings. The van der Waals surface area contributed by atoms with E-state index in [2.05, 4.69) is 15.4 Å². The highest BCUT2D eigenvalue weighted by Crippen LogP contribution is 2.30. The summed E-state index contributed by atoms with van der Waals surface area (Å²) in [5.41, 5.74) is 1.79. The van der Waals surface area contributed by atoms with Gasteiger partial charge in [0.1, 0.15) is 16.8 Å². The summed E-state index contributed by atoms with van der Waals surface area (Å²) in [6, 6.07) is 17.4. The standard InChI is InChI=1S/C21H21N3O4S/c25-21(22-13-3-5-17-6-4-14-28-17)16-11-9-15(10-12-16)20-23-18-7-1-2-8-19(18)29(26,27)24-20/h1-2,4,6-12,14,20,23-24H,3,5,13H2,(H,22,25)/t20-/m0/s1. The molecule has 1 amide bonds. The van der Waals surface area contributed by atoms with Crippen LogP contribution >= 0.6 is 0 Å². The van der Waals surface area contributed by atoms with Gasteiger partial charge in [0.05, 0.1) is 12.0 Å². The van der Waals surface area contributed by atoms with Crippen LogP contribution in [-0.2, 0) is 16.4 Å². The minimum Gasteiger partial charge on any atom is -0.469 e. The molecule has 0 spiro atoms. The first-order valence-corrected chi connectivity index (χ1v) is 10.8. The molecule has 150 valence electrons. The number of furan rings is 1. The molecule has 2 aromatic carbocycles. The lowest BCUT2D eigenvalue weighted by molar-refractivity contribution is 0.0953. The Balaban J connectivity index is 1.37. The number of sulfonamides is 1. The fraction of sp³-hybridized carbons (Fsp3) is 0.190. The molecule has 1 aliphatic rings. The molecular weight excluding hydrogens is 390 g/mol. The number of fused-ring (bicyclic) bond motifs is 1. The number of hydrogen-bond donors (Lipinski definition) is 3. The first-order valence-electron chi connectivity index (χ1n) is 9.31. The van der Waals surface area contributed by atoms with Gasteiger partial charge in [-0.25, -0.2) is 8.42 Å². The van der Waals surface area contributed by atoms with Crippen LogP contribution in [0.15, 0.2) is 76.2 Å². The Labute approximate surface area is 169 Å². The lowest BCUT2D eigenvalue weighted by Gasteiger charge is -2.28. The fourth-order valence-corrected chi connectivity index (χ4v) is 4.53. The average Bonchev–Trinajstić information content (AvgIpc) is 3.24. The van der Waals surface area contributed by atoms with Crippen molar-refractivity contribution in [3.63, 3.8) is 0 Å². The van der Waals surface area contributed by atoms with Crippen molar-refractivity contribution in [1.29, 1.82) is 0 Å². The van der Waals surface area contributed by atoms with E-state index in [-0.39, 0.29) is 10.8 Å². The lowest BCUT2D eigenvalue weighted by atomic mass is 10.1. The summed E-state index contributed by atoms with van der Waals surface area (Å²) in [6.45, 7) is 0.544.